The third-order valence-electron chi connectivity index (χ3n) is 3.03. The van der Waals surface area contributed by atoms with Crippen molar-refractivity contribution in [1.29, 1.82) is 0 Å². The van der Waals surface area contributed by atoms with E-state index in [0.29, 0.717) is 10.8 Å². The van der Waals surface area contributed by atoms with Crippen LogP contribution >= 0.6 is 0 Å². The van der Waals surface area contributed by atoms with Gasteiger partial charge < -0.3 is 5.32 Å². The first-order valence-corrected chi connectivity index (χ1v) is 6.20. The summed E-state index contributed by atoms with van der Waals surface area (Å²) in [7, 11) is 0. The molecule has 21 heavy (non-hydrogen) atoms. The number of amides is 1. The van der Waals surface area contributed by atoms with Gasteiger partial charge in [0.1, 0.15) is 5.82 Å². The maximum atomic E-state index is 13.6. The quantitative estimate of drug-likeness (QED) is 0.758. The van der Waals surface area contributed by atoms with Crippen LogP contribution in [0.5, 0.6) is 0 Å². The number of halogens is 1. The van der Waals surface area contributed by atoms with Crippen molar-refractivity contribution in [2.45, 2.75) is 0 Å². The van der Waals surface area contributed by atoms with Crippen LogP contribution in [-0.4, -0.2) is 16.1 Å². The molecule has 1 heterocycles. The van der Waals surface area contributed by atoms with Crippen LogP contribution < -0.4 is 10.9 Å². The molecule has 0 unspecified atom stereocenters. The number of rotatable bonds is 2. The molecule has 2 aromatic carbocycles. The van der Waals surface area contributed by atoms with Crippen molar-refractivity contribution in [2.75, 3.05) is 5.32 Å². The minimum Gasteiger partial charge on any atom is -0.318 e. The van der Waals surface area contributed by atoms with E-state index in [0.717, 1.165) is 0 Å². The molecular weight excluding hydrogens is 273 g/mol. The Balaban J connectivity index is 2.05. The van der Waals surface area contributed by atoms with Gasteiger partial charge in [0.15, 0.2) is 5.69 Å². The fraction of sp³-hybridized carbons (Fsp3) is 0. The lowest BCUT2D eigenvalue weighted by molar-refractivity contribution is 0.102. The Labute approximate surface area is 118 Å². The zero-order chi connectivity index (χ0) is 14.8. The summed E-state index contributed by atoms with van der Waals surface area (Å²) >= 11 is 0. The highest BCUT2D eigenvalue weighted by Gasteiger charge is 2.15. The van der Waals surface area contributed by atoms with Gasteiger partial charge in [-0.3, -0.25) is 9.59 Å². The Morgan fingerprint density at radius 1 is 1.05 bits per heavy atom. The van der Waals surface area contributed by atoms with Crippen molar-refractivity contribution in [3.8, 4) is 0 Å². The molecule has 2 N–H and O–H groups in total. The Morgan fingerprint density at radius 2 is 1.71 bits per heavy atom. The van der Waals surface area contributed by atoms with Crippen molar-refractivity contribution in [3.05, 3.63) is 70.4 Å². The van der Waals surface area contributed by atoms with Gasteiger partial charge in [-0.05, 0) is 18.2 Å². The van der Waals surface area contributed by atoms with Crippen molar-refractivity contribution >= 4 is 22.4 Å². The van der Waals surface area contributed by atoms with E-state index >= 15 is 0 Å². The number of H-pyrrole nitrogens is 1. The largest absolute Gasteiger partial charge is 0.318 e. The second-order valence-electron chi connectivity index (χ2n) is 4.38. The molecule has 6 heteroatoms. The average Bonchev–Trinajstić information content (AvgIpc) is 2.50. The average molecular weight is 283 g/mol. The van der Waals surface area contributed by atoms with Gasteiger partial charge in [0, 0.05) is 5.39 Å². The van der Waals surface area contributed by atoms with Gasteiger partial charge in [0.05, 0.1) is 11.1 Å². The molecule has 0 saturated heterocycles. The minimum atomic E-state index is -0.590. The fourth-order valence-corrected chi connectivity index (χ4v) is 2.03. The number of para-hydroxylation sites is 1. The third-order valence-corrected chi connectivity index (χ3v) is 3.03. The predicted molar refractivity (Wildman–Crippen MR) is 76.7 cm³/mol. The summed E-state index contributed by atoms with van der Waals surface area (Å²) in [4.78, 5) is 23.9. The third kappa shape index (κ3) is 2.38. The van der Waals surface area contributed by atoms with Crippen LogP contribution in [-0.2, 0) is 0 Å². The summed E-state index contributed by atoms with van der Waals surface area (Å²) in [5, 5.41) is 9.23. The van der Waals surface area contributed by atoms with Gasteiger partial charge in [-0.1, -0.05) is 30.3 Å². The number of carbonyl (C=O) groups excluding carboxylic acids is 1. The number of aromatic nitrogens is 2. The monoisotopic (exact) mass is 283 g/mol. The predicted octanol–water partition coefficient (Wildman–Crippen LogP) is 2.31. The minimum absolute atomic E-state index is 0.0356. The molecule has 0 bridgehead atoms. The molecule has 3 rings (SSSR count). The molecule has 3 aromatic rings. The lowest BCUT2D eigenvalue weighted by Crippen LogP contribution is -2.19. The Bertz CT molecular complexity index is 889. The first-order valence-electron chi connectivity index (χ1n) is 6.20. The van der Waals surface area contributed by atoms with Crippen LogP contribution in [0.1, 0.15) is 10.5 Å². The van der Waals surface area contributed by atoms with Crippen LogP contribution in [0.4, 0.5) is 10.1 Å². The van der Waals surface area contributed by atoms with Gasteiger partial charge in [-0.25, -0.2) is 9.49 Å². The standard InChI is InChI=1S/C15H10FN3O2/c16-11-7-3-4-8-12(11)17-15(21)13-9-5-1-2-6-10(9)14(20)19-18-13/h1-8H,(H,17,21)(H,19,20). The number of nitrogens with zero attached hydrogens (tertiary/aromatic N) is 1. The molecule has 0 atom stereocenters. The lowest BCUT2D eigenvalue weighted by Gasteiger charge is -2.07. The molecule has 0 saturated carbocycles. The van der Waals surface area contributed by atoms with E-state index in [-0.39, 0.29) is 16.9 Å². The molecular formula is C15H10FN3O2. The molecule has 1 aromatic heterocycles. The number of benzene rings is 2. The molecule has 0 aliphatic heterocycles. The van der Waals surface area contributed by atoms with Gasteiger partial charge in [0.2, 0.25) is 0 Å². The summed E-state index contributed by atoms with van der Waals surface area (Å²) in [5.74, 6) is -1.13. The molecule has 5 nitrogen and oxygen atoms in total. The highest BCUT2D eigenvalue weighted by molar-refractivity contribution is 6.11. The first kappa shape index (κ1) is 13.0. The highest BCUT2D eigenvalue weighted by Crippen LogP contribution is 2.16. The van der Waals surface area contributed by atoms with Crippen LogP contribution in [0, 0.1) is 5.82 Å². The molecule has 0 spiro atoms. The maximum Gasteiger partial charge on any atom is 0.276 e. The van der Waals surface area contributed by atoms with Gasteiger partial charge in [0.25, 0.3) is 11.5 Å². The van der Waals surface area contributed by atoms with E-state index < -0.39 is 11.7 Å². The second kappa shape index (κ2) is 5.16. The van der Waals surface area contributed by atoms with Crippen molar-refractivity contribution < 1.29 is 9.18 Å². The summed E-state index contributed by atoms with van der Waals surface area (Å²) in [5.41, 5.74) is -0.291. The van der Waals surface area contributed by atoms with E-state index in [1.807, 2.05) is 0 Å². The molecule has 104 valence electrons. The number of aromatic amines is 1. The normalized spacial score (nSPS) is 10.5. The van der Waals surface area contributed by atoms with Crippen molar-refractivity contribution in [3.63, 3.8) is 0 Å². The summed E-state index contributed by atoms with van der Waals surface area (Å²) < 4.78 is 13.6. The molecule has 1 amide bonds. The summed E-state index contributed by atoms with van der Waals surface area (Å²) in [6, 6.07) is 12.4. The molecule has 0 aliphatic rings. The van der Waals surface area contributed by atoms with Crippen molar-refractivity contribution in [2.24, 2.45) is 0 Å². The number of fused-ring (bicyclic) bond motifs is 1. The Morgan fingerprint density at radius 3 is 2.48 bits per heavy atom. The van der Waals surface area contributed by atoms with E-state index in [4.69, 9.17) is 0 Å². The SMILES string of the molecule is O=C(Nc1ccccc1F)c1n[nH]c(=O)c2ccccc12. The summed E-state index contributed by atoms with van der Waals surface area (Å²) in [6.45, 7) is 0. The number of anilines is 1. The van der Waals surface area contributed by atoms with Crippen LogP contribution in [0.15, 0.2) is 53.3 Å². The van der Waals surface area contributed by atoms with Crippen LogP contribution in [0.3, 0.4) is 0 Å². The number of hydrogen-bond acceptors (Lipinski definition) is 3. The molecule has 0 radical (unpaired) electrons. The van der Waals surface area contributed by atoms with Crippen molar-refractivity contribution in [1.82, 2.24) is 10.2 Å². The van der Waals surface area contributed by atoms with Crippen LogP contribution in [0.25, 0.3) is 10.8 Å². The maximum absolute atomic E-state index is 13.6. The Hall–Kier alpha value is -3.02. The molecule has 0 fully saturated rings. The number of carbonyl (C=O) groups is 1. The summed E-state index contributed by atoms with van der Waals surface area (Å²) in [6.07, 6.45) is 0. The van der Waals surface area contributed by atoms with Gasteiger partial charge >= 0.3 is 0 Å². The Kier molecular flexibility index (Phi) is 3.19. The van der Waals surface area contributed by atoms with E-state index in [9.17, 15) is 14.0 Å². The molecule has 0 aliphatic carbocycles. The van der Waals surface area contributed by atoms with Gasteiger partial charge in [-0.2, -0.15) is 5.10 Å². The van der Waals surface area contributed by atoms with E-state index in [1.165, 1.54) is 18.2 Å². The highest BCUT2D eigenvalue weighted by atomic mass is 19.1. The van der Waals surface area contributed by atoms with E-state index in [2.05, 4.69) is 15.5 Å². The topological polar surface area (TPSA) is 74.8 Å². The number of hydrogen-bond donors (Lipinski definition) is 2. The zero-order valence-electron chi connectivity index (χ0n) is 10.8. The number of nitrogens with one attached hydrogen (secondary N) is 2. The smallest absolute Gasteiger partial charge is 0.276 e. The second-order valence-corrected chi connectivity index (χ2v) is 4.38. The van der Waals surface area contributed by atoms with E-state index in [1.54, 1.807) is 30.3 Å². The van der Waals surface area contributed by atoms with Gasteiger partial charge in [-0.15, -0.1) is 0 Å². The zero-order valence-corrected chi connectivity index (χ0v) is 10.8. The lowest BCUT2D eigenvalue weighted by atomic mass is 10.1. The van der Waals surface area contributed by atoms with Crippen LogP contribution in [0.2, 0.25) is 0 Å². The fourth-order valence-electron chi connectivity index (χ4n) is 2.03. The first-order chi connectivity index (χ1) is 10.2.